The molecule has 32 heavy (non-hydrogen) atoms. The van der Waals surface area contributed by atoms with Crippen molar-refractivity contribution in [1.29, 1.82) is 0 Å². The smallest absolute Gasteiger partial charge is 0.253 e. The van der Waals surface area contributed by atoms with Gasteiger partial charge in [0.15, 0.2) is 0 Å². The van der Waals surface area contributed by atoms with Crippen LogP contribution in [0, 0.1) is 5.82 Å². The van der Waals surface area contributed by atoms with Crippen LogP contribution in [0.1, 0.15) is 66.8 Å². The Morgan fingerprint density at radius 2 is 1.78 bits per heavy atom. The van der Waals surface area contributed by atoms with E-state index in [2.05, 4.69) is 11.4 Å². The summed E-state index contributed by atoms with van der Waals surface area (Å²) in [5.41, 5.74) is 1.24. The molecule has 3 aliphatic rings. The molecule has 5 rings (SSSR count). The van der Waals surface area contributed by atoms with Gasteiger partial charge in [-0.05, 0) is 61.6 Å². The van der Waals surface area contributed by atoms with Crippen molar-refractivity contribution >= 4 is 11.8 Å². The summed E-state index contributed by atoms with van der Waals surface area (Å²) in [4.78, 5) is 27.3. The number of piperidine rings is 1. The Morgan fingerprint density at radius 1 is 1.06 bits per heavy atom. The molecule has 2 aliphatic heterocycles. The van der Waals surface area contributed by atoms with Crippen molar-refractivity contribution in [1.82, 2.24) is 10.2 Å². The molecule has 1 atom stereocenters. The highest BCUT2D eigenvalue weighted by atomic mass is 19.1. The third-order valence-electron chi connectivity index (χ3n) is 7.26. The number of fused-ring (bicyclic) bond motifs is 1. The quantitative estimate of drug-likeness (QED) is 0.772. The highest BCUT2D eigenvalue weighted by Crippen LogP contribution is 2.46. The number of carbonyl (C=O) groups excluding carboxylic acids is 2. The number of likely N-dealkylation sites (tertiary alicyclic amines) is 1. The predicted molar refractivity (Wildman–Crippen MR) is 119 cm³/mol. The van der Waals surface area contributed by atoms with E-state index in [1.54, 1.807) is 0 Å². The van der Waals surface area contributed by atoms with Crippen LogP contribution in [0.15, 0.2) is 48.5 Å². The molecule has 0 aromatic heterocycles. The lowest BCUT2D eigenvalue weighted by atomic mass is 9.76. The van der Waals surface area contributed by atoms with Gasteiger partial charge in [0.25, 0.3) is 5.91 Å². The Balaban J connectivity index is 1.28. The van der Waals surface area contributed by atoms with Gasteiger partial charge in [-0.15, -0.1) is 0 Å². The molecule has 2 aromatic rings. The lowest BCUT2D eigenvalue weighted by molar-refractivity contribution is -0.123. The van der Waals surface area contributed by atoms with E-state index < -0.39 is 0 Å². The van der Waals surface area contributed by atoms with Gasteiger partial charge in [0.2, 0.25) is 5.91 Å². The van der Waals surface area contributed by atoms with Crippen molar-refractivity contribution in [3.05, 3.63) is 65.5 Å². The first kappa shape index (κ1) is 21.0. The summed E-state index contributed by atoms with van der Waals surface area (Å²) in [6.45, 7) is 1.17. The van der Waals surface area contributed by atoms with Gasteiger partial charge < -0.3 is 15.0 Å². The molecule has 0 bridgehead atoms. The van der Waals surface area contributed by atoms with E-state index in [0.29, 0.717) is 31.1 Å². The van der Waals surface area contributed by atoms with E-state index in [0.717, 1.165) is 43.4 Å². The number of ether oxygens (including phenoxy) is 1. The zero-order chi connectivity index (χ0) is 22.1. The van der Waals surface area contributed by atoms with Crippen molar-refractivity contribution in [3.63, 3.8) is 0 Å². The molecule has 2 aromatic carbocycles. The maximum Gasteiger partial charge on any atom is 0.253 e. The maximum atomic E-state index is 13.2. The van der Waals surface area contributed by atoms with Crippen LogP contribution < -0.4 is 10.1 Å². The van der Waals surface area contributed by atoms with Gasteiger partial charge in [-0.25, -0.2) is 4.39 Å². The van der Waals surface area contributed by atoms with Gasteiger partial charge in [0, 0.05) is 49.9 Å². The Bertz CT molecular complexity index is 994. The Hall–Kier alpha value is -2.89. The average molecular weight is 437 g/mol. The molecular formula is C26H29FN2O3. The zero-order valence-electron chi connectivity index (χ0n) is 18.2. The number of para-hydroxylation sites is 1. The number of nitrogens with one attached hydrogen (secondary N) is 1. The summed E-state index contributed by atoms with van der Waals surface area (Å²) in [6, 6.07) is 14.1. The van der Waals surface area contributed by atoms with Crippen LogP contribution in [0.2, 0.25) is 0 Å². The molecule has 168 valence electrons. The fourth-order valence-electron chi connectivity index (χ4n) is 5.19. The number of halogens is 1. The second-order valence-corrected chi connectivity index (χ2v) is 9.42. The first-order valence-electron chi connectivity index (χ1n) is 11.6. The minimum Gasteiger partial charge on any atom is -0.487 e. The topological polar surface area (TPSA) is 58.6 Å². The van der Waals surface area contributed by atoms with Crippen LogP contribution in [-0.2, 0) is 4.79 Å². The largest absolute Gasteiger partial charge is 0.487 e. The molecule has 2 amide bonds. The Labute approximate surface area is 187 Å². The van der Waals surface area contributed by atoms with Gasteiger partial charge in [-0.3, -0.25) is 9.59 Å². The number of benzene rings is 2. The third kappa shape index (κ3) is 4.23. The van der Waals surface area contributed by atoms with E-state index >= 15 is 0 Å². The minimum atomic E-state index is -0.366. The predicted octanol–water partition coefficient (Wildman–Crippen LogP) is 4.43. The van der Waals surface area contributed by atoms with Gasteiger partial charge in [-0.2, -0.15) is 0 Å². The molecule has 2 fully saturated rings. The lowest BCUT2D eigenvalue weighted by Crippen LogP contribution is -2.52. The molecule has 2 heterocycles. The summed E-state index contributed by atoms with van der Waals surface area (Å²) in [5.74, 6) is 0.668. The van der Waals surface area contributed by atoms with Gasteiger partial charge in [-0.1, -0.05) is 18.2 Å². The van der Waals surface area contributed by atoms with Crippen molar-refractivity contribution in [2.75, 3.05) is 13.1 Å². The summed E-state index contributed by atoms with van der Waals surface area (Å²) in [6.07, 6.45) is 6.04. The molecule has 1 saturated heterocycles. The Morgan fingerprint density at radius 3 is 2.47 bits per heavy atom. The lowest BCUT2D eigenvalue weighted by Gasteiger charge is -2.47. The van der Waals surface area contributed by atoms with Crippen LogP contribution >= 0.6 is 0 Å². The van der Waals surface area contributed by atoms with Gasteiger partial charge in [0.05, 0.1) is 0 Å². The second kappa shape index (κ2) is 8.57. The fraction of sp³-hybridized carbons (Fsp3) is 0.462. The number of nitrogens with zero attached hydrogens (tertiary/aromatic N) is 1. The SMILES string of the molecule is O=C(C[C@H]1CC2(CCN(C(=O)c3ccc(F)cc3)CC2)Oc2ccccc21)NC1CCC1. The molecule has 6 heteroatoms. The average Bonchev–Trinajstić information content (AvgIpc) is 2.77. The number of amides is 2. The summed E-state index contributed by atoms with van der Waals surface area (Å²) in [7, 11) is 0. The van der Waals surface area contributed by atoms with Crippen LogP contribution in [0.3, 0.4) is 0 Å². The second-order valence-electron chi connectivity index (χ2n) is 9.42. The zero-order valence-corrected chi connectivity index (χ0v) is 18.2. The van der Waals surface area contributed by atoms with Crippen LogP contribution in [-0.4, -0.2) is 41.4 Å². The van der Waals surface area contributed by atoms with E-state index in [4.69, 9.17) is 4.74 Å². The minimum absolute atomic E-state index is 0.0764. The van der Waals surface area contributed by atoms with Gasteiger partial charge >= 0.3 is 0 Å². The molecule has 1 aliphatic carbocycles. The van der Waals surface area contributed by atoms with Crippen LogP contribution in [0.5, 0.6) is 5.75 Å². The van der Waals surface area contributed by atoms with E-state index in [1.807, 2.05) is 23.1 Å². The summed E-state index contributed by atoms with van der Waals surface area (Å²) >= 11 is 0. The fourth-order valence-corrected chi connectivity index (χ4v) is 5.19. The Kier molecular flexibility index (Phi) is 5.62. The van der Waals surface area contributed by atoms with Crippen LogP contribution in [0.25, 0.3) is 0 Å². The molecule has 1 spiro atoms. The number of rotatable bonds is 4. The van der Waals surface area contributed by atoms with E-state index in [1.165, 1.54) is 30.7 Å². The van der Waals surface area contributed by atoms with Crippen molar-refractivity contribution in [2.45, 2.75) is 62.5 Å². The summed E-state index contributed by atoms with van der Waals surface area (Å²) < 4.78 is 19.7. The molecule has 0 unspecified atom stereocenters. The monoisotopic (exact) mass is 436 g/mol. The van der Waals surface area contributed by atoms with Crippen LogP contribution in [0.4, 0.5) is 4.39 Å². The maximum absolute atomic E-state index is 13.2. The van der Waals surface area contributed by atoms with Crippen molar-refractivity contribution in [3.8, 4) is 5.75 Å². The first-order valence-corrected chi connectivity index (χ1v) is 11.6. The number of hydrogen-bond acceptors (Lipinski definition) is 3. The number of carbonyl (C=O) groups is 2. The normalized spacial score (nSPS) is 21.9. The molecule has 5 nitrogen and oxygen atoms in total. The first-order chi connectivity index (χ1) is 15.5. The highest BCUT2D eigenvalue weighted by molar-refractivity contribution is 5.94. The van der Waals surface area contributed by atoms with E-state index in [9.17, 15) is 14.0 Å². The summed E-state index contributed by atoms with van der Waals surface area (Å²) in [5, 5.41) is 3.17. The highest BCUT2D eigenvalue weighted by Gasteiger charge is 2.44. The molecule has 1 saturated carbocycles. The van der Waals surface area contributed by atoms with Crippen molar-refractivity contribution < 1.29 is 18.7 Å². The standard InChI is InChI=1S/C26H29FN2O3/c27-20-10-8-18(9-11-20)25(31)29-14-12-26(13-15-29)17-19(16-24(30)28-21-4-3-5-21)22-6-1-2-7-23(22)32-26/h1-2,6-11,19,21H,3-5,12-17H2,(H,28,30)/t19-/m0/s1. The molecular weight excluding hydrogens is 407 g/mol. The number of hydrogen-bond donors (Lipinski definition) is 1. The van der Waals surface area contributed by atoms with Crippen molar-refractivity contribution in [2.24, 2.45) is 0 Å². The van der Waals surface area contributed by atoms with E-state index in [-0.39, 0.29) is 29.2 Å². The molecule has 0 radical (unpaired) electrons. The third-order valence-corrected chi connectivity index (χ3v) is 7.26. The van der Waals surface area contributed by atoms with Gasteiger partial charge in [0.1, 0.15) is 17.2 Å². The molecule has 1 N–H and O–H groups in total.